The van der Waals surface area contributed by atoms with E-state index in [4.69, 9.17) is 0 Å². The van der Waals surface area contributed by atoms with Crippen molar-refractivity contribution in [3.05, 3.63) is 48.7 Å². The lowest BCUT2D eigenvalue weighted by Crippen LogP contribution is -2.41. The highest BCUT2D eigenvalue weighted by molar-refractivity contribution is 5.86. The Hall–Kier alpha value is -2.07. The second-order valence-electron chi connectivity index (χ2n) is 5.36. The maximum Gasteiger partial charge on any atom is 0.0991 e. The molecule has 0 radical (unpaired) electrons. The zero-order valence-electron chi connectivity index (χ0n) is 10.9. The molecule has 19 heavy (non-hydrogen) atoms. The Morgan fingerprint density at radius 1 is 1.32 bits per heavy atom. The lowest BCUT2D eigenvalue weighted by atomic mass is 9.92. The van der Waals surface area contributed by atoms with Gasteiger partial charge in [-0.25, -0.2) is 4.98 Å². The SMILES string of the molecule is CN1CC(c2c[nH]c3ccc(-n4ccnc4)cc23)C1. The number of nitrogens with one attached hydrogen (secondary N) is 1. The summed E-state index contributed by atoms with van der Waals surface area (Å²) in [5, 5.41) is 1.34. The minimum absolute atomic E-state index is 0.664. The lowest BCUT2D eigenvalue weighted by Gasteiger charge is -2.36. The van der Waals surface area contributed by atoms with Crippen LogP contribution in [0.2, 0.25) is 0 Å². The molecule has 2 aromatic heterocycles. The summed E-state index contributed by atoms with van der Waals surface area (Å²) in [6.07, 6.45) is 7.79. The normalized spacial score (nSPS) is 16.9. The van der Waals surface area contributed by atoms with Crippen molar-refractivity contribution in [2.24, 2.45) is 0 Å². The number of nitrogens with zero attached hydrogens (tertiary/aromatic N) is 3. The first-order valence-electron chi connectivity index (χ1n) is 6.59. The number of likely N-dealkylation sites (tertiary alicyclic amines) is 1. The zero-order valence-corrected chi connectivity index (χ0v) is 10.9. The van der Waals surface area contributed by atoms with Gasteiger partial charge in [0.2, 0.25) is 0 Å². The molecule has 0 bridgehead atoms. The highest BCUT2D eigenvalue weighted by Gasteiger charge is 2.26. The van der Waals surface area contributed by atoms with Gasteiger partial charge in [0, 0.05) is 54.2 Å². The predicted octanol–water partition coefficient (Wildman–Crippen LogP) is 2.38. The van der Waals surface area contributed by atoms with Gasteiger partial charge in [-0.2, -0.15) is 0 Å². The van der Waals surface area contributed by atoms with Crippen molar-refractivity contribution in [3.8, 4) is 5.69 Å². The highest BCUT2D eigenvalue weighted by atomic mass is 15.2. The molecule has 1 fully saturated rings. The van der Waals surface area contributed by atoms with Gasteiger partial charge in [-0.1, -0.05) is 0 Å². The van der Waals surface area contributed by atoms with Crippen molar-refractivity contribution in [1.82, 2.24) is 19.4 Å². The van der Waals surface area contributed by atoms with Crippen LogP contribution in [-0.4, -0.2) is 39.6 Å². The molecule has 4 nitrogen and oxygen atoms in total. The lowest BCUT2D eigenvalue weighted by molar-refractivity contribution is 0.190. The maximum atomic E-state index is 4.11. The fourth-order valence-corrected chi connectivity index (χ4v) is 2.94. The molecule has 1 aliphatic heterocycles. The van der Waals surface area contributed by atoms with Gasteiger partial charge in [0.25, 0.3) is 0 Å². The van der Waals surface area contributed by atoms with Gasteiger partial charge >= 0.3 is 0 Å². The highest BCUT2D eigenvalue weighted by Crippen LogP contribution is 2.32. The number of aromatic nitrogens is 3. The Labute approximate surface area is 111 Å². The molecule has 4 rings (SSSR count). The first-order valence-corrected chi connectivity index (χ1v) is 6.59. The fraction of sp³-hybridized carbons (Fsp3) is 0.267. The second kappa shape index (κ2) is 3.96. The van der Waals surface area contributed by atoms with E-state index in [9.17, 15) is 0 Å². The predicted molar refractivity (Wildman–Crippen MR) is 75.7 cm³/mol. The van der Waals surface area contributed by atoms with E-state index in [1.165, 1.54) is 22.2 Å². The Morgan fingerprint density at radius 2 is 2.21 bits per heavy atom. The standard InChI is InChI=1S/C15H16N4/c1-18-8-11(9-18)14-7-17-15-3-2-12(6-13(14)15)19-5-4-16-10-19/h2-7,10-11,17H,8-9H2,1H3. The first-order chi connectivity index (χ1) is 9.31. The molecule has 1 aliphatic rings. The average molecular weight is 252 g/mol. The molecule has 0 atom stereocenters. The first kappa shape index (κ1) is 10.8. The van der Waals surface area contributed by atoms with Crippen LogP contribution in [0.1, 0.15) is 11.5 Å². The van der Waals surface area contributed by atoms with Crippen molar-refractivity contribution < 1.29 is 0 Å². The number of aromatic amines is 1. The summed E-state index contributed by atoms with van der Waals surface area (Å²) in [6.45, 7) is 2.31. The number of imidazole rings is 1. The van der Waals surface area contributed by atoms with Crippen LogP contribution in [0.3, 0.4) is 0 Å². The topological polar surface area (TPSA) is 36.9 Å². The molecule has 4 heteroatoms. The second-order valence-corrected chi connectivity index (χ2v) is 5.36. The smallest absolute Gasteiger partial charge is 0.0991 e. The molecule has 1 saturated heterocycles. The van der Waals surface area contributed by atoms with Gasteiger partial charge in [0.05, 0.1) is 6.33 Å². The van der Waals surface area contributed by atoms with Gasteiger partial charge in [-0.05, 0) is 30.8 Å². The minimum Gasteiger partial charge on any atom is -0.361 e. The largest absolute Gasteiger partial charge is 0.361 e. The van der Waals surface area contributed by atoms with Gasteiger partial charge in [-0.15, -0.1) is 0 Å². The number of benzene rings is 1. The van der Waals surface area contributed by atoms with Crippen molar-refractivity contribution >= 4 is 10.9 Å². The van der Waals surface area contributed by atoms with Crippen LogP contribution in [0.4, 0.5) is 0 Å². The Morgan fingerprint density at radius 3 is 2.95 bits per heavy atom. The summed E-state index contributed by atoms with van der Waals surface area (Å²) in [5.74, 6) is 0.664. The number of hydrogen-bond acceptors (Lipinski definition) is 2. The van der Waals surface area contributed by atoms with E-state index in [0.717, 1.165) is 13.1 Å². The Balaban J connectivity index is 1.81. The molecule has 0 unspecified atom stereocenters. The molecule has 0 aliphatic carbocycles. The molecule has 0 spiro atoms. The van der Waals surface area contributed by atoms with E-state index in [-0.39, 0.29) is 0 Å². The third-order valence-electron chi connectivity index (χ3n) is 4.00. The number of hydrogen-bond donors (Lipinski definition) is 1. The Bertz CT molecular complexity index is 705. The summed E-state index contributed by atoms with van der Waals surface area (Å²) in [5.41, 5.74) is 3.82. The van der Waals surface area contributed by atoms with E-state index in [1.54, 1.807) is 0 Å². The fourth-order valence-electron chi connectivity index (χ4n) is 2.94. The van der Waals surface area contributed by atoms with E-state index in [1.807, 2.05) is 23.3 Å². The van der Waals surface area contributed by atoms with Crippen molar-refractivity contribution in [1.29, 1.82) is 0 Å². The van der Waals surface area contributed by atoms with Gasteiger partial charge in [0.15, 0.2) is 0 Å². The molecule has 0 saturated carbocycles. The molecule has 0 amide bonds. The van der Waals surface area contributed by atoms with E-state index < -0.39 is 0 Å². The third kappa shape index (κ3) is 1.68. The molecule has 1 N–H and O–H groups in total. The minimum atomic E-state index is 0.664. The number of rotatable bonds is 2. The van der Waals surface area contributed by atoms with Crippen LogP contribution in [0.15, 0.2) is 43.1 Å². The van der Waals surface area contributed by atoms with Crippen molar-refractivity contribution in [3.63, 3.8) is 0 Å². The molecule has 1 aromatic carbocycles. The summed E-state index contributed by atoms with van der Waals surface area (Å²) >= 11 is 0. The number of likely N-dealkylation sites (N-methyl/N-ethyl adjacent to an activating group) is 1. The monoisotopic (exact) mass is 252 g/mol. The summed E-state index contributed by atoms with van der Waals surface area (Å²) in [7, 11) is 2.17. The van der Waals surface area contributed by atoms with Crippen LogP contribution in [-0.2, 0) is 0 Å². The summed E-state index contributed by atoms with van der Waals surface area (Å²) in [6, 6.07) is 6.52. The number of fused-ring (bicyclic) bond motifs is 1. The van der Waals surface area contributed by atoms with E-state index >= 15 is 0 Å². The Kier molecular flexibility index (Phi) is 2.26. The zero-order chi connectivity index (χ0) is 12.8. The van der Waals surface area contributed by atoms with Crippen LogP contribution < -0.4 is 0 Å². The molecule has 3 heterocycles. The van der Waals surface area contributed by atoms with E-state index in [0.29, 0.717) is 5.92 Å². The van der Waals surface area contributed by atoms with E-state index in [2.05, 4.69) is 46.3 Å². The maximum absolute atomic E-state index is 4.11. The van der Waals surface area contributed by atoms with Crippen molar-refractivity contribution in [2.45, 2.75) is 5.92 Å². The summed E-state index contributed by atoms with van der Waals surface area (Å²) < 4.78 is 2.04. The van der Waals surface area contributed by atoms with Gasteiger partial charge in [0.1, 0.15) is 0 Å². The van der Waals surface area contributed by atoms with Crippen molar-refractivity contribution in [2.75, 3.05) is 20.1 Å². The summed E-state index contributed by atoms with van der Waals surface area (Å²) in [4.78, 5) is 9.84. The van der Waals surface area contributed by atoms with Gasteiger partial charge < -0.3 is 14.5 Å². The molecular weight excluding hydrogens is 236 g/mol. The third-order valence-corrected chi connectivity index (χ3v) is 4.00. The van der Waals surface area contributed by atoms with Gasteiger partial charge in [-0.3, -0.25) is 0 Å². The number of H-pyrrole nitrogens is 1. The molecular formula is C15H16N4. The average Bonchev–Trinajstić information content (AvgIpc) is 3.04. The molecule has 96 valence electrons. The van der Waals surface area contributed by atoms with Crippen LogP contribution in [0.5, 0.6) is 0 Å². The quantitative estimate of drug-likeness (QED) is 0.760. The van der Waals surface area contributed by atoms with Crippen LogP contribution >= 0.6 is 0 Å². The van der Waals surface area contributed by atoms with Crippen LogP contribution in [0, 0.1) is 0 Å². The van der Waals surface area contributed by atoms with Crippen LogP contribution in [0.25, 0.3) is 16.6 Å². The molecule has 3 aromatic rings.